The monoisotopic (exact) mass is 805 g/mol. The number of amides is 2. The number of benzene rings is 4. The van der Waals surface area contributed by atoms with Gasteiger partial charge in [-0.25, -0.2) is 14.5 Å². The summed E-state index contributed by atoms with van der Waals surface area (Å²) in [6.45, 7) is 4.35. The lowest BCUT2D eigenvalue weighted by Crippen LogP contribution is -2.41. The first-order chi connectivity index (χ1) is 29.2. The van der Waals surface area contributed by atoms with Crippen molar-refractivity contribution in [3.63, 3.8) is 0 Å². The van der Waals surface area contributed by atoms with Crippen LogP contribution in [0, 0.1) is 0 Å². The molecule has 1 fully saturated rings. The van der Waals surface area contributed by atoms with Crippen LogP contribution in [0.4, 0.5) is 0 Å². The SMILES string of the molecule is CCCCN(Cc1ncc(-c2ccc(COc3ccc(-c4cnc(C5CCCN5C(=O)C(C=[N+](C)C)c5ccccc5)[nH]4)cc3)cc2)[nH]1)C(=O)C(c1ccccc1)N(C)C. The summed E-state index contributed by atoms with van der Waals surface area (Å²) >= 11 is 0. The van der Waals surface area contributed by atoms with Crippen LogP contribution < -0.4 is 4.74 Å². The molecule has 310 valence electrons. The molecule has 0 bridgehead atoms. The zero-order valence-corrected chi connectivity index (χ0v) is 35.4. The summed E-state index contributed by atoms with van der Waals surface area (Å²) in [4.78, 5) is 50.2. The van der Waals surface area contributed by atoms with E-state index >= 15 is 0 Å². The summed E-state index contributed by atoms with van der Waals surface area (Å²) in [5.41, 5.74) is 6.81. The number of H-pyrrole nitrogens is 2. The zero-order valence-electron chi connectivity index (χ0n) is 35.4. The van der Waals surface area contributed by atoms with Crippen LogP contribution in [0.3, 0.4) is 0 Å². The molecule has 0 aliphatic carbocycles. The molecule has 0 radical (unpaired) electrons. The Morgan fingerprint density at radius 1 is 0.850 bits per heavy atom. The van der Waals surface area contributed by atoms with Crippen LogP contribution in [0.2, 0.25) is 0 Å². The molecule has 11 nitrogen and oxygen atoms in total. The molecule has 6 aromatic rings. The van der Waals surface area contributed by atoms with Gasteiger partial charge in [0.25, 0.3) is 0 Å². The normalized spacial score (nSPS) is 14.8. The Bertz CT molecular complexity index is 2330. The highest BCUT2D eigenvalue weighted by atomic mass is 16.5. The molecule has 11 heteroatoms. The summed E-state index contributed by atoms with van der Waals surface area (Å²) in [6.07, 6.45) is 9.39. The number of hydrogen-bond acceptors (Lipinski definition) is 6. The molecule has 0 saturated carbocycles. The van der Waals surface area contributed by atoms with Crippen molar-refractivity contribution in [1.82, 2.24) is 34.6 Å². The third-order valence-corrected chi connectivity index (χ3v) is 11.1. The quantitative estimate of drug-likeness (QED) is 0.0709. The molecule has 0 spiro atoms. The van der Waals surface area contributed by atoms with Crippen molar-refractivity contribution in [2.75, 3.05) is 41.3 Å². The fraction of sp³-hybridized carbons (Fsp3) is 0.327. The lowest BCUT2D eigenvalue weighted by molar-refractivity contribution is -0.460. The predicted octanol–water partition coefficient (Wildman–Crippen LogP) is 8.27. The second-order valence-corrected chi connectivity index (χ2v) is 16.0. The van der Waals surface area contributed by atoms with Crippen LogP contribution >= 0.6 is 0 Å². The highest BCUT2D eigenvalue weighted by Crippen LogP contribution is 2.34. The van der Waals surface area contributed by atoms with E-state index in [2.05, 4.69) is 46.1 Å². The van der Waals surface area contributed by atoms with Gasteiger partial charge < -0.3 is 24.5 Å². The molecule has 7 rings (SSSR count). The molecule has 1 aliphatic rings. The van der Waals surface area contributed by atoms with Gasteiger partial charge in [-0.3, -0.25) is 14.5 Å². The van der Waals surface area contributed by atoms with E-state index in [1.807, 2.05) is 151 Å². The molecule has 1 saturated heterocycles. The van der Waals surface area contributed by atoms with E-state index in [0.29, 0.717) is 26.2 Å². The standard InChI is InChI=1S/C49H57N8O3/c1-6-7-28-56(49(59)46(55(4)5)39-17-12-9-13-18-39)33-45-50-30-42(52-45)37-22-20-35(21-23-37)34-60-40-26-24-38(25-27-40)43-31-51-47(53-43)44-19-14-29-57(44)48(58)41(32-54(2)3)36-15-10-8-11-16-36/h8-13,15-18,20-27,30-32,41,44,46H,6-7,14,19,28-29,33-34H2,1-5H3,(H,50,52)(H,51,53)/q+1. The largest absolute Gasteiger partial charge is 0.489 e. The van der Waals surface area contributed by atoms with Gasteiger partial charge in [-0.1, -0.05) is 98.3 Å². The Morgan fingerprint density at radius 3 is 2.13 bits per heavy atom. The van der Waals surface area contributed by atoms with E-state index < -0.39 is 0 Å². The van der Waals surface area contributed by atoms with Gasteiger partial charge in [0.15, 0.2) is 6.21 Å². The number of carbonyl (C=O) groups is 2. The molecule has 2 N–H and O–H groups in total. The summed E-state index contributed by atoms with van der Waals surface area (Å²) in [5, 5.41) is 0. The summed E-state index contributed by atoms with van der Waals surface area (Å²) in [7, 11) is 7.81. The average molecular weight is 806 g/mol. The van der Waals surface area contributed by atoms with Crippen molar-refractivity contribution in [3.05, 3.63) is 150 Å². The maximum atomic E-state index is 14.0. The lowest BCUT2D eigenvalue weighted by atomic mass is 9.98. The Balaban J connectivity index is 0.946. The third-order valence-electron chi connectivity index (χ3n) is 11.1. The van der Waals surface area contributed by atoms with Gasteiger partial charge in [0.05, 0.1) is 36.4 Å². The van der Waals surface area contributed by atoms with Gasteiger partial charge in [0.1, 0.15) is 50.1 Å². The van der Waals surface area contributed by atoms with E-state index in [1.54, 1.807) is 0 Å². The molecular weight excluding hydrogens is 749 g/mol. The molecule has 4 aromatic carbocycles. The minimum atomic E-state index is -0.367. The topological polar surface area (TPSA) is 113 Å². The lowest BCUT2D eigenvalue weighted by Gasteiger charge is -2.30. The van der Waals surface area contributed by atoms with Crippen LogP contribution in [0.15, 0.2) is 122 Å². The molecule has 60 heavy (non-hydrogen) atoms. The van der Waals surface area contributed by atoms with E-state index in [4.69, 9.17) is 9.72 Å². The summed E-state index contributed by atoms with van der Waals surface area (Å²) < 4.78 is 8.13. The van der Waals surface area contributed by atoms with Crippen molar-refractivity contribution < 1.29 is 18.9 Å². The molecule has 2 amide bonds. The van der Waals surface area contributed by atoms with Gasteiger partial charge in [-0.15, -0.1) is 0 Å². The Kier molecular flexibility index (Phi) is 13.7. The zero-order chi connectivity index (χ0) is 42.0. The van der Waals surface area contributed by atoms with Crippen molar-refractivity contribution in [2.45, 2.75) is 63.8 Å². The first-order valence-corrected chi connectivity index (χ1v) is 21.0. The van der Waals surface area contributed by atoms with Crippen molar-refractivity contribution in [1.29, 1.82) is 0 Å². The highest BCUT2D eigenvalue weighted by Gasteiger charge is 2.37. The molecule has 3 unspecified atom stereocenters. The number of nitrogens with one attached hydrogen (secondary N) is 2. The van der Waals surface area contributed by atoms with Crippen molar-refractivity contribution in [3.8, 4) is 28.3 Å². The van der Waals surface area contributed by atoms with Crippen LogP contribution in [0.25, 0.3) is 22.5 Å². The molecule has 1 aliphatic heterocycles. The van der Waals surface area contributed by atoms with Gasteiger partial charge in [-0.2, -0.15) is 0 Å². The number of aromatic amines is 2. The first kappa shape index (κ1) is 41.8. The Labute approximate surface area is 353 Å². The highest BCUT2D eigenvalue weighted by molar-refractivity contribution is 5.98. The number of rotatable bonds is 17. The number of nitrogens with zero attached hydrogens (tertiary/aromatic N) is 6. The van der Waals surface area contributed by atoms with E-state index in [9.17, 15) is 9.59 Å². The number of aromatic nitrogens is 4. The maximum absolute atomic E-state index is 14.0. The summed E-state index contributed by atoms with van der Waals surface area (Å²) in [6, 6.07) is 35.7. The van der Waals surface area contributed by atoms with E-state index in [0.717, 1.165) is 82.3 Å². The Hall–Kier alpha value is -6.33. The number of imidazole rings is 2. The van der Waals surface area contributed by atoms with Crippen molar-refractivity contribution in [2.24, 2.45) is 0 Å². The fourth-order valence-corrected chi connectivity index (χ4v) is 7.93. The molecular formula is C49H57N8O3+. The second kappa shape index (κ2) is 19.6. The predicted molar refractivity (Wildman–Crippen MR) is 237 cm³/mol. The average Bonchev–Trinajstić information content (AvgIpc) is 4.06. The molecule has 2 aromatic heterocycles. The van der Waals surface area contributed by atoms with Crippen LogP contribution in [-0.2, 0) is 22.7 Å². The number of hydrogen-bond donors (Lipinski definition) is 2. The number of unbranched alkanes of at least 4 members (excludes halogenated alkanes) is 1. The van der Waals surface area contributed by atoms with E-state index in [1.165, 1.54) is 0 Å². The first-order valence-electron chi connectivity index (χ1n) is 21.0. The van der Waals surface area contributed by atoms with Crippen LogP contribution in [-0.4, -0.2) is 98.5 Å². The van der Waals surface area contributed by atoms with Gasteiger partial charge in [0.2, 0.25) is 11.8 Å². The smallest absolute Gasteiger partial charge is 0.244 e. The maximum Gasteiger partial charge on any atom is 0.244 e. The fourth-order valence-electron chi connectivity index (χ4n) is 7.93. The second-order valence-electron chi connectivity index (χ2n) is 16.0. The van der Waals surface area contributed by atoms with Crippen molar-refractivity contribution >= 4 is 18.0 Å². The van der Waals surface area contributed by atoms with E-state index in [-0.39, 0.29) is 29.8 Å². The minimum Gasteiger partial charge on any atom is -0.489 e. The number of likely N-dealkylation sites (N-methyl/N-ethyl adjacent to an activating group) is 1. The van der Waals surface area contributed by atoms with Gasteiger partial charge in [0, 0.05) is 13.1 Å². The van der Waals surface area contributed by atoms with Crippen LogP contribution in [0.5, 0.6) is 5.75 Å². The molecule has 3 atom stereocenters. The third kappa shape index (κ3) is 10.1. The molecule has 3 heterocycles. The number of ether oxygens (including phenoxy) is 1. The summed E-state index contributed by atoms with van der Waals surface area (Å²) in [5.74, 6) is 2.13. The van der Waals surface area contributed by atoms with Gasteiger partial charge in [-0.05, 0) is 85.4 Å². The van der Waals surface area contributed by atoms with Gasteiger partial charge >= 0.3 is 0 Å². The van der Waals surface area contributed by atoms with Crippen LogP contribution in [0.1, 0.15) is 78.9 Å². The number of carbonyl (C=O) groups excluding carboxylic acids is 2. The number of likely N-dealkylation sites (tertiary alicyclic amines) is 1. The Morgan fingerprint density at radius 2 is 1.48 bits per heavy atom. The minimum absolute atomic E-state index is 0.0694.